The Kier molecular flexibility index (Phi) is 5.09. The van der Waals surface area contributed by atoms with E-state index < -0.39 is 0 Å². The van der Waals surface area contributed by atoms with Crippen molar-refractivity contribution < 1.29 is 9.23 Å². The molecule has 0 aromatic heterocycles. The SMILES string of the molecule is CCONC(=N)N/N=C/c1c(C)cccc1F. The van der Waals surface area contributed by atoms with Crippen LogP contribution in [0.3, 0.4) is 0 Å². The second kappa shape index (κ2) is 6.59. The lowest BCUT2D eigenvalue weighted by atomic mass is 10.1. The van der Waals surface area contributed by atoms with E-state index in [1.165, 1.54) is 12.3 Å². The number of nitrogens with zero attached hydrogens (tertiary/aromatic N) is 1. The van der Waals surface area contributed by atoms with Gasteiger partial charge in [0.1, 0.15) is 5.82 Å². The maximum atomic E-state index is 13.4. The summed E-state index contributed by atoms with van der Waals surface area (Å²) in [5.74, 6) is -0.461. The van der Waals surface area contributed by atoms with Crippen LogP contribution in [0.15, 0.2) is 23.3 Å². The number of hydrogen-bond acceptors (Lipinski definition) is 3. The summed E-state index contributed by atoms with van der Waals surface area (Å²) < 4.78 is 13.4. The van der Waals surface area contributed by atoms with Gasteiger partial charge in [-0.15, -0.1) is 0 Å². The molecule has 0 aliphatic rings. The van der Waals surface area contributed by atoms with Crippen molar-refractivity contribution >= 4 is 12.2 Å². The van der Waals surface area contributed by atoms with E-state index in [-0.39, 0.29) is 11.8 Å². The molecule has 0 fully saturated rings. The number of guanidine groups is 1. The fraction of sp³-hybridized carbons (Fsp3) is 0.273. The van der Waals surface area contributed by atoms with Crippen LogP contribution >= 0.6 is 0 Å². The Morgan fingerprint density at radius 3 is 3.00 bits per heavy atom. The van der Waals surface area contributed by atoms with Gasteiger partial charge in [-0.05, 0) is 25.5 Å². The molecule has 3 N–H and O–H groups in total. The van der Waals surface area contributed by atoms with Crippen LogP contribution in [0.25, 0.3) is 0 Å². The summed E-state index contributed by atoms with van der Waals surface area (Å²) in [6.07, 6.45) is 1.33. The maximum Gasteiger partial charge on any atom is 0.233 e. The first-order valence-electron chi connectivity index (χ1n) is 5.15. The van der Waals surface area contributed by atoms with Crippen molar-refractivity contribution in [3.05, 3.63) is 35.1 Å². The first-order chi connectivity index (χ1) is 8.15. The van der Waals surface area contributed by atoms with Crippen LogP contribution in [0, 0.1) is 18.2 Å². The lowest BCUT2D eigenvalue weighted by Crippen LogP contribution is -2.33. The van der Waals surface area contributed by atoms with Gasteiger partial charge in [0.05, 0.1) is 12.8 Å². The van der Waals surface area contributed by atoms with E-state index in [0.29, 0.717) is 12.2 Å². The zero-order valence-corrected chi connectivity index (χ0v) is 9.75. The number of hydrazone groups is 1. The van der Waals surface area contributed by atoms with Crippen molar-refractivity contribution in [2.75, 3.05) is 6.61 Å². The van der Waals surface area contributed by atoms with Gasteiger partial charge in [0, 0.05) is 5.56 Å². The summed E-state index contributed by atoms with van der Waals surface area (Å²) in [5, 5.41) is 11.0. The van der Waals surface area contributed by atoms with Gasteiger partial charge < -0.3 is 0 Å². The number of hydrogen-bond donors (Lipinski definition) is 3. The minimum atomic E-state index is -0.347. The molecular formula is C11H15FN4O. The third-order valence-corrected chi connectivity index (χ3v) is 1.96. The quantitative estimate of drug-likeness (QED) is 0.423. The van der Waals surface area contributed by atoms with Crippen LogP contribution in [0.5, 0.6) is 0 Å². The zero-order chi connectivity index (χ0) is 12.7. The van der Waals surface area contributed by atoms with Gasteiger partial charge in [0.2, 0.25) is 5.96 Å². The third kappa shape index (κ3) is 4.20. The number of rotatable bonds is 4. The Balaban J connectivity index is 2.56. The summed E-state index contributed by atoms with van der Waals surface area (Å²) in [4.78, 5) is 4.76. The van der Waals surface area contributed by atoms with Crippen LogP contribution < -0.4 is 10.9 Å². The third-order valence-electron chi connectivity index (χ3n) is 1.96. The number of benzene rings is 1. The molecule has 0 atom stereocenters. The average Bonchev–Trinajstić information content (AvgIpc) is 2.30. The average molecular weight is 238 g/mol. The standard InChI is InChI=1S/C11H15FN4O/c1-3-17-16-11(13)15-14-7-9-8(2)5-4-6-10(9)12/h4-7H,3H2,1-2H3,(H3,13,15,16)/b14-7+. The largest absolute Gasteiger partial charge is 0.274 e. The molecule has 0 unspecified atom stereocenters. The smallest absolute Gasteiger partial charge is 0.233 e. The van der Waals surface area contributed by atoms with Gasteiger partial charge in [-0.1, -0.05) is 12.1 Å². The number of halogens is 1. The predicted octanol–water partition coefficient (Wildman–Crippen LogP) is 1.53. The second-order valence-electron chi connectivity index (χ2n) is 3.25. The molecule has 0 saturated carbocycles. The molecule has 0 amide bonds. The fourth-order valence-electron chi connectivity index (χ4n) is 1.14. The van der Waals surface area contributed by atoms with E-state index in [1.807, 2.05) is 0 Å². The molecule has 0 bridgehead atoms. The van der Waals surface area contributed by atoms with Gasteiger partial charge in [0.15, 0.2) is 0 Å². The van der Waals surface area contributed by atoms with E-state index in [9.17, 15) is 4.39 Å². The number of aryl methyl sites for hydroxylation is 1. The molecule has 0 radical (unpaired) electrons. The second-order valence-corrected chi connectivity index (χ2v) is 3.25. The Hall–Kier alpha value is -1.95. The van der Waals surface area contributed by atoms with Crippen molar-refractivity contribution in [2.45, 2.75) is 13.8 Å². The highest BCUT2D eigenvalue weighted by Crippen LogP contribution is 2.09. The first kappa shape index (κ1) is 13.1. The Morgan fingerprint density at radius 2 is 2.35 bits per heavy atom. The lowest BCUT2D eigenvalue weighted by molar-refractivity contribution is 0.0936. The summed E-state index contributed by atoms with van der Waals surface area (Å²) in [5.41, 5.74) is 5.85. The maximum absolute atomic E-state index is 13.4. The number of nitrogens with one attached hydrogen (secondary N) is 3. The van der Waals surface area contributed by atoms with Crippen LogP contribution in [-0.4, -0.2) is 18.8 Å². The van der Waals surface area contributed by atoms with Gasteiger partial charge in [-0.3, -0.25) is 10.2 Å². The molecule has 0 heterocycles. The fourth-order valence-corrected chi connectivity index (χ4v) is 1.14. The molecule has 0 aliphatic heterocycles. The van der Waals surface area contributed by atoms with Crippen LogP contribution in [0.1, 0.15) is 18.1 Å². The topological polar surface area (TPSA) is 69.5 Å². The zero-order valence-electron chi connectivity index (χ0n) is 9.75. The highest BCUT2D eigenvalue weighted by atomic mass is 19.1. The van der Waals surface area contributed by atoms with Gasteiger partial charge in [-0.2, -0.15) is 5.10 Å². The summed E-state index contributed by atoms with van der Waals surface area (Å²) in [7, 11) is 0. The highest BCUT2D eigenvalue weighted by molar-refractivity contribution is 5.83. The minimum Gasteiger partial charge on any atom is -0.274 e. The predicted molar refractivity (Wildman–Crippen MR) is 64.4 cm³/mol. The van der Waals surface area contributed by atoms with E-state index >= 15 is 0 Å². The monoisotopic (exact) mass is 238 g/mol. The Morgan fingerprint density at radius 1 is 1.59 bits per heavy atom. The van der Waals surface area contributed by atoms with E-state index in [4.69, 9.17) is 10.2 Å². The normalized spacial score (nSPS) is 10.5. The molecule has 92 valence electrons. The van der Waals surface area contributed by atoms with Gasteiger partial charge in [0.25, 0.3) is 0 Å². The van der Waals surface area contributed by atoms with Crippen LogP contribution in [0.4, 0.5) is 4.39 Å². The first-order valence-corrected chi connectivity index (χ1v) is 5.15. The molecule has 0 spiro atoms. The Bertz CT molecular complexity index is 400. The van der Waals surface area contributed by atoms with Crippen molar-refractivity contribution in [3.63, 3.8) is 0 Å². The van der Waals surface area contributed by atoms with Crippen molar-refractivity contribution in [1.29, 1.82) is 5.41 Å². The molecule has 0 aliphatic carbocycles. The highest BCUT2D eigenvalue weighted by Gasteiger charge is 2.01. The minimum absolute atomic E-state index is 0.114. The van der Waals surface area contributed by atoms with Gasteiger partial charge in [-0.25, -0.2) is 15.3 Å². The molecule has 1 aromatic carbocycles. The van der Waals surface area contributed by atoms with Crippen molar-refractivity contribution in [3.8, 4) is 0 Å². The molecule has 6 heteroatoms. The molecule has 1 aromatic rings. The lowest BCUT2D eigenvalue weighted by Gasteiger charge is -2.05. The van der Waals surface area contributed by atoms with Gasteiger partial charge >= 0.3 is 0 Å². The van der Waals surface area contributed by atoms with E-state index in [0.717, 1.165) is 5.56 Å². The Labute approximate surface area is 99.1 Å². The number of hydroxylamine groups is 1. The van der Waals surface area contributed by atoms with Crippen molar-refractivity contribution in [2.24, 2.45) is 5.10 Å². The van der Waals surface area contributed by atoms with E-state index in [1.54, 1.807) is 26.0 Å². The molecule has 0 saturated heterocycles. The van der Waals surface area contributed by atoms with Crippen LogP contribution in [-0.2, 0) is 4.84 Å². The molecule has 1 rings (SSSR count). The molecular weight excluding hydrogens is 223 g/mol. The molecule has 17 heavy (non-hydrogen) atoms. The van der Waals surface area contributed by atoms with Crippen molar-refractivity contribution in [1.82, 2.24) is 10.9 Å². The molecule has 5 nitrogen and oxygen atoms in total. The summed E-state index contributed by atoms with van der Waals surface area (Å²) in [6, 6.07) is 4.78. The summed E-state index contributed by atoms with van der Waals surface area (Å²) in [6.45, 7) is 4.00. The van der Waals surface area contributed by atoms with Crippen LogP contribution in [0.2, 0.25) is 0 Å². The van der Waals surface area contributed by atoms with E-state index in [2.05, 4.69) is 16.0 Å². The summed E-state index contributed by atoms with van der Waals surface area (Å²) >= 11 is 0.